The maximum Gasteiger partial charge on any atom is 0.460 e. The molecule has 0 amide bonds. The summed E-state index contributed by atoms with van der Waals surface area (Å²) in [7, 11) is 0. The van der Waals surface area contributed by atoms with Crippen molar-refractivity contribution in [2.24, 2.45) is 5.92 Å². The predicted octanol–water partition coefficient (Wildman–Crippen LogP) is 7.25. The van der Waals surface area contributed by atoms with E-state index >= 15 is 0 Å². The van der Waals surface area contributed by atoms with Gasteiger partial charge in [-0.3, -0.25) is 0 Å². The standard InChI is InChI=1S/C14H20F9I/c1-3-4-5-6-7-8-10(24)9(2)11(15,16)12(17,18)13(19,20)14(21,22)23/h9-10H,3-8H2,1-2H3. The third-order valence-corrected chi connectivity index (χ3v) is 5.57. The van der Waals surface area contributed by atoms with Gasteiger partial charge in [0, 0.05) is 9.84 Å². The maximum absolute atomic E-state index is 13.8. The zero-order valence-corrected chi connectivity index (χ0v) is 15.3. The number of unbranched alkanes of at least 4 members (excludes halogenated alkanes) is 4. The lowest BCUT2D eigenvalue weighted by atomic mass is 9.89. The summed E-state index contributed by atoms with van der Waals surface area (Å²) in [5.41, 5.74) is 0. The van der Waals surface area contributed by atoms with Crippen molar-refractivity contribution in [2.45, 2.75) is 80.2 Å². The van der Waals surface area contributed by atoms with Crippen LogP contribution in [0.4, 0.5) is 39.5 Å². The average molecular weight is 486 g/mol. The van der Waals surface area contributed by atoms with Gasteiger partial charge in [0.15, 0.2) is 0 Å². The molecule has 0 N–H and O–H groups in total. The molecular weight excluding hydrogens is 466 g/mol. The van der Waals surface area contributed by atoms with Crippen LogP contribution in [-0.2, 0) is 0 Å². The Morgan fingerprint density at radius 1 is 0.750 bits per heavy atom. The largest absolute Gasteiger partial charge is 0.460 e. The van der Waals surface area contributed by atoms with Crippen molar-refractivity contribution in [1.29, 1.82) is 0 Å². The van der Waals surface area contributed by atoms with Crippen LogP contribution in [0.15, 0.2) is 0 Å². The molecule has 146 valence electrons. The Morgan fingerprint density at radius 3 is 1.62 bits per heavy atom. The van der Waals surface area contributed by atoms with Crippen molar-refractivity contribution in [1.82, 2.24) is 0 Å². The van der Waals surface area contributed by atoms with Crippen LogP contribution in [0.3, 0.4) is 0 Å². The van der Waals surface area contributed by atoms with E-state index in [1.807, 2.05) is 6.92 Å². The van der Waals surface area contributed by atoms with E-state index in [0.29, 0.717) is 19.8 Å². The van der Waals surface area contributed by atoms with Crippen molar-refractivity contribution in [3.05, 3.63) is 0 Å². The first kappa shape index (κ1) is 24.1. The molecule has 0 heterocycles. The average Bonchev–Trinajstić information content (AvgIpc) is 2.44. The van der Waals surface area contributed by atoms with Crippen molar-refractivity contribution >= 4 is 22.6 Å². The fourth-order valence-electron chi connectivity index (χ4n) is 2.09. The normalized spacial score (nSPS) is 17.0. The summed E-state index contributed by atoms with van der Waals surface area (Å²) in [4.78, 5) is 0. The van der Waals surface area contributed by atoms with Crippen LogP contribution in [0.2, 0.25) is 0 Å². The van der Waals surface area contributed by atoms with E-state index in [9.17, 15) is 39.5 Å². The molecule has 2 unspecified atom stereocenters. The molecule has 0 fully saturated rings. The minimum atomic E-state index is -6.81. The van der Waals surface area contributed by atoms with E-state index in [0.717, 1.165) is 19.3 Å². The van der Waals surface area contributed by atoms with E-state index in [1.54, 1.807) is 0 Å². The number of hydrogen-bond donors (Lipinski definition) is 0. The quantitative estimate of drug-likeness (QED) is 0.132. The van der Waals surface area contributed by atoms with Gasteiger partial charge in [0.05, 0.1) is 0 Å². The third-order valence-electron chi connectivity index (χ3n) is 3.87. The van der Waals surface area contributed by atoms with Gasteiger partial charge in [-0.05, 0) is 6.42 Å². The highest BCUT2D eigenvalue weighted by atomic mass is 127. The zero-order chi connectivity index (χ0) is 19.4. The fraction of sp³-hybridized carbons (Fsp3) is 1.00. The highest BCUT2D eigenvalue weighted by Crippen LogP contribution is 2.56. The number of rotatable bonds is 10. The van der Waals surface area contributed by atoms with Gasteiger partial charge in [-0.25, -0.2) is 0 Å². The molecule has 0 aliphatic carbocycles. The summed E-state index contributed by atoms with van der Waals surface area (Å²) in [5.74, 6) is -21.2. The van der Waals surface area contributed by atoms with Crippen molar-refractivity contribution in [3.8, 4) is 0 Å². The first-order valence-electron chi connectivity index (χ1n) is 7.48. The molecule has 0 saturated heterocycles. The number of halogens is 10. The van der Waals surface area contributed by atoms with Crippen LogP contribution in [-0.4, -0.2) is 27.9 Å². The maximum atomic E-state index is 13.8. The van der Waals surface area contributed by atoms with Crippen LogP contribution in [0.1, 0.15) is 52.4 Å². The second kappa shape index (κ2) is 8.66. The molecule has 0 aliphatic heterocycles. The van der Waals surface area contributed by atoms with Gasteiger partial charge in [0.1, 0.15) is 0 Å². The van der Waals surface area contributed by atoms with Gasteiger partial charge in [-0.15, -0.1) is 0 Å². The first-order chi connectivity index (χ1) is 10.6. The molecular formula is C14H20F9I. The summed E-state index contributed by atoms with van der Waals surface area (Å²) < 4.78 is 115. The van der Waals surface area contributed by atoms with Crippen LogP contribution >= 0.6 is 22.6 Å². The lowest BCUT2D eigenvalue weighted by Crippen LogP contribution is -2.63. The second-order valence-corrected chi connectivity index (χ2v) is 7.38. The molecule has 0 spiro atoms. The Balaban J connectivity index is 5.07. The van der Waals surface area contributed by atoms with Gasteiger partial charge in [-0.2, -0.15) is 39.5 Å². The minimum Gasteiger partial charge on any atom is -0.199 e. The zero-order valence-electron chi connectivity index (χ0n) is 13.2. The van der Waals surface area contributed by atoms with E-state index in [1.165, 1.54) is 22.6 Å². The molecule has 24 heavy (non-hydrogen) atoms. The summed E-state index contributed by atoms with van der Waals surface area (Å²) in [6, 6.07) is 0. The smallest absolute Gasteiger partial charge is 0.199 e. The number of alkyl halides is 10. The Morgan fingerprint density at radius 2 is 1.21 bits per heavy atom. The lowest BCUT2D eigenvalue weighted by molar-refractivity contribution is -0.402. The molecule has 0 aliphatic rings. The van der Waals surface area contributed by atoms with E-state index in [4.69, 9.17) is 0 Å². The van der Waals surface area contributed by atoms with E-state index in [2.05, 4.69) is 0 Å². The van der Waals surface area contributed by atoms with Gasteiger partial charge in [0.2, 0.25) is 0 Å². The van der Waals surface area contributed by atoms with Crippen LogP contribution in [0, 0.1) is 5.92 Å². The van der Waals surface area contributed by atoms with Crippen molar-refractivity contribution < 1.29 is 39.5 Å². The van der Waals surface area contributed by atoms with Gasteiger partial charge in [0.25, 0.3) is 0 Å². The molecule has 0 rings (SSSR count). The minimum absolute atomic E-state index is 0.0364. The number of hydrogen-bond acceptors (Lipinski definition) is 0. The topological polar surface area (TPSA) is 0 Å². The molecule has 0 aromatic rings. The highest BCUT2D eigenvalue weighted by Gasteiger charge is 2.82. The van der Waals surface area contributed by atoms with Crippen LogP contribution < -0.4 is 0 Å². The summed E-state index contributed by atoms with van der Waals surface area (Å²) in [5, 5.41) is 0. The fourth-order valence-corrected chi connectivity index (χ4v) is 2.99. The lowest BCUT2D eigenvalue weighted by Gasteiger charge is -2.38. The molecule has 10 heteroatoms. The summed E-state index contributed by atoms with van der Waals surface area (Å²) >= 11 is 1.40. The molecule has 0 radical (unpaired) electrons. The molecule has 0 aromatic heterocycles. The van der Waals surface area contributed by atoms with Gasteiger partial charge in [-0.1, -0.05) is 68.5 Å². The Labute approximate surface area is 148 Å². The highest BCUT2D eigenvalue weighted by molar-refractivity contribution is 14.1. The molecule has 0 nitrogen and oxygen atoms in total. The third kappa shape index (κ3) is 5.06. The van der Waals surface area contributed by atoms with Crippen LogP contribution in [0.25, 0.3) is 0 Å². The second-order valence-electron chi connectivity index (χ2n) is 5.78. The summed E-state index contributed by atoms with van der Waals surface area (Å²) in [6.45, 7) is 2.52. The first-order valence-corrected chi connectivity index (χ1v) is 8.73. The molecule has 0 aromatic carbocycles. The Hall–Kier alpha value is 0.1000. The predicted molar refractivity (Wildman–Crippen MR) is 81.2 cm³/mol. The van der Waals surface area contributed by atoms with Crippen LogP contribution in [0.5, 0.6) is 0 Å². The van der Waals surface area contributed by atoms with Gasteiger partial charge >= 0.3 is 23.9 Å². The Kier molecular flexibility index (Phi) is 8.69. The molecule has 2 atom stereocenters. The van der Waals surface area contributed by atoms with Crippen molar-refractivity contribution in [3.63, 3.8) is 0 Å². The monoisotopic (exact) mass is 486 g/mol. The molecule has 0 bridgehead atoms. The van der Waals surface area contributed by atoms with E-state index in [-0.39, 0.29) is 6.42 Å². The van der Waals surface area contributed by atoms with Gasteiger partial charge < -0.3 is 0 Å². The SMILES string of the molecule is CCCCCCCC(I)C(C)C(F)(F)C(F)(F)C(F)(F)C(F)(F)F. The Bertz CT molecular complexity index is 379. The van der Waals surface area contributed by atoms with Crippen molar-refractivity contribution in [2.75, 3.05) is 0 Å². The van der Waals surface area contributed by atoms with E-state index < -0.39 is 33.8 Å². The molecule has 0 saturated carbocycles. The summed E-state index contributed by atoms with van der Waals surface area (Å²) in [6.07, 6.45) is -3.01.